The summed E-state index contributed by atoms with van der Waals surface area (Å²) in [6, 6.07) is 3.15. The van der Waals surface area contributed by atoms with Crippen LogP contribution in [0.25, 0.3) is 0 Å². The van der Waals surface area contributed by atoms with Gasteiger partial charge in [0.25, 0.3) is 0 Å². The van der Waals surface area contributed by atoms with Crippen molar-refractivity contribution < 1.29 is 18.6 Å². The van der Waals surface area contributed by atoms with Gasteiger partial charge in [0.1, 0.15) is 18.5 Å². The molecule has 21 heavy (non-hydrogen) atoms. The van der Waals surface area contributed by atoms with Gasteiger partial charge in [-0.1, -0.05) is 0 Å². The maximum Gasteiger partial charge on any atom is 0.167 e. The Morgan fingerprint density at radius 3 is 2.86 bits per heavy atom. The van der Waals surface area contributed by atoms with E-state index >= 15 is 0 Å². The van der Waals surface area contributed by atoms with E-state index in [-0.39, 0.29) is 24.9 Å². The van der Waals surface area contributed by atoms with E-state index in [1.807, 2.05) is 0 Å². The smallest absolute Gasteiger partial charge is 0.167 e. The minimum absolute atomic E-state index is 0.00822. The lowest BCUT2D eigenvalue weighted by Gasteiger charge is -2.15. The third-order valence-electron chi connectivity index (χ3n) is 3.09. The molecule has 1 N–H and O–H groups in total. The zero-order valence-electron chi connectivity index (χ0n) is 11.5. The van der Waals surface area contributed by atoms with E-state index in [1.54, 1.807) is 11.0 Å². The van der Waals surface area contributed by atoms with Crippen LogP contribution in [0.3, 0.4) is 0 Å². The van der Waals surface area contributed by atoms with Crippen molar-refractivity contribution in [2.75, 3.05) is 13.2 Å². The van der Waals surface area contributed by atoms with E-state index in [0.717, 1.165) is 18.6 Å². The highest BCUT2D eigenvalue weighted by molar-refractivity contribution is 5.24. The predicted molar refractivity (Wildman–Crippen MR) is 71.7 cm³/mol. The lowest BCUT2D eigenvalue weighted by molar-refractivity contribution is 0.149. The molecule has 1 heterocycles. The first-order chi connectivity index (χ1) is 10.2. The maximum absolute atomic E-state index is 13.4. The Hall–Kier alpha value is -2.02. The third-order valence-corrected chi connectivity index (χ3v) is 3.09. The van der Waals surface area contributed by atoms with Crippen LogP contribution < -0.4 is 4.74 Å². The second kappa shape index (κ2) is 7.68. The van der Waals surface area contributed by atoms with Gasteiger partial charge in [0.2, 0.25) is 0 Å². The molecule has 0 aliphatic carbocycles. The van der Waals surface area contributed by atoms with Crippen LogP contribution in [0.1, 0.15) is 12.8 Å². The molecule has 2 aromatic rings. The van der Waals surface area contributed by atoms with E-state index in [1.165, 1.54) is 12.4 Å². The van der Waals surface area contributed by atoms with Crippen LogP contribution in [-0.4, -0.2) is 33.1 Å². The first-order valence-corrected chi connectivity index (χ1v) is 6.70. The van der Waals surface area contributed by atoms with Crippen molar-refractivity contribution >= 4 is 0 Å². The molecule has 1 aromatic heterocycles. The largest absolute Gasteiger partial charge is 0.490 e. The van der Waals surface area contributed by atoms with Crippen molar-refractivity contribution in [1.82, 2.24) is 14.8 Å². The van der Waals surface area contributed by atoms with Crippen LogP contribution in [-0.2, 0) is 6.54 Å². The van der Waals surface area contributed by atoms with Crippen molar-refractivity contribution in [3.05, 3.63) is 42.5 Å². The van der Waals surface area contributed by atoms with E-state index < -0.39 is 11.6 Å². The number of hydrogen-bond donors (Lipinski definition) is 1. The molecule has 0 fully saturated rings. The normalized spacial score (nSPS) is 12.3. The van der Waals surface area contributed by atoms with Crippen LogP contribution in [0.5, 0.6) is 5.75 Å². The molecule has 0 saturated carbocycles. The zero-order chi connectivity index (χ0) is 15.1. The van der Waals surface area contributed by atoms with E-state index in [4.69, 9.17) is 4.74 Å². The molecule has 0 radical (unpaired) electrons. The van der Waals surface area contributed by atoms with E-state index in [0.29, 0.717) is 13.0 Å². The highest BCUT2D eigenvalue weighted by Gasteiger charge is 2.11. The molecule has 0 aliphatic rings. The number of ether oxygens (including phenoxy) is 1. The minimum atomic E-state index is -0.741. The van der Waals surface area contributed by atoms with Crippen molar-refractivity contribution in [3.63, 3.8) is 0 Å². The number of nitrogens with zero attached hydrogens (tertiary/aromatic N) is 3. The van der Waals surface area contributed by atoms with Crippen molar-refractivity contribution in [2.24, 2.45) is 5.92 Å². The number of aryl methyl sites for hydroxylation is 1. The van der Waals surface area contributed by atoms with Gasteiger partial charge in [-0.2, -0.15) is 5.10 Å². The molecule has 2 rings (SSSR count). The van der Waals surface area contributed by atoms with E-state index in [2.05, 4.69) is 10.1 Å². The quantitative estimate of drug-likeness (QED) is 0.810. The monoisotopic (exact) mass is 297 g/mol. The molecular formula is C14H17F2N3O2. The van der Waals surface area contributed by atoms with Crippen LogP contribution in [0.2, 0.25) is 0 Å². The molecular weight excluding hydrogens is 280 g/mol. The Bertz CT molecular complexity index is 549. The van der Waals surface area contributed by atoms with Gasteiger partial charge in [-0.05, 0) is 25.0 Å². The zero-order valence-corrected chi connectivity index (χ0v) is 11.5. The molecule has 1 aromatic carbocycles. The number of aliphatic hydroxyl groups is 1. The van der Waals surface area contributed by atoms with Crippen molar-refractivity contribution in [1.29, 1.82) is 0 Å². The summed E-state index contributed by atoms with van der Waals surface area (Å²) in [7, 11) is 0. The minimum Gasteiger partial charge on any atom is -0.490 e. The summed E-state index contributed by atoms with van der Waals surface area (Å²) in [5.74, 6) is -1.51. The average molecular weight is 297 g/mol. The summed E-state index contributed by atoms with van der Waals surface area (Å²) >= 11 is 0. The molecule has 0 spiro atoms. The molecule has 0 aliphatic heterocycles. The standard InChI is InChI=1S/C14H17F2N3O2/c15-12-3-4-14(13(16)6-12)21-8-11(7-20)2-1-5-19-10-17-9-18-19/h3-4,6,9-11,20H,1-2,5,7-8H2/t11-/m1/s1. The van der Waals surface area contributed by atoms with Crippen molar-refractivity contribution in [3.8, 4) is 5.75 Å². The van der Waals surface area contributed by atoms with Crippen LogP contribution in [0.4, 0.5) is 8.78 Å². The van der Waals surface area contributed by atoms with Gasteiger partial charge in [-0.3, -0.25) is 4.68 Å². The summed E-state index contributed by atoms with van der Waals surface area (Å²) in [5.41, 5.74) is 0. The summed E-state index contributed by atoms with van der Waals surface area (Å²) in [6.07, 6.45) is 4.59. The van der Waals surface area contributed by atoms with Gasteiger partial charge >= 0.3 is 0 Å². The predicted octanol–water partition coefficient (Wildman–Crippen LogP) is 2.02. The highest BCUT2D eigenvalue weighted by atomic mass is 19.1. The first-order valence-electron chi connectivity index (χ1n) is 6.70. The summed E-state index contributed by atoms with van der Waals surface area (Å²) < 4.78 is 33.2. The molecule has 7 heteroatoms. The number of benzene rings is 1. The molecule has 1 atom stereocenters. The fraction of sp³-hybridized carbons (Fsp3) is 0.429. The Kier molecular flexibility index (Phi) is 5.62. The SMILES string of the molecule is OC[C@@H](CCCn1cncn1)COc1ccc(F)cc1F. The Labute approximate surface area is 121 Å². The average Bonchev–Trinajstić information content (AvgIpc) is 2.97. The second-order valence-electron chi connectivity index (χ2n) is 4.74. The Morgan fingerprint density at radius 1 is 1.33 bits per heavy atom. The molecule has 0 unspecified atom stereocenters. The summed E-state index contributed by atoms with van der Waals surface area (Å²) in [4.78, 5) is 3.84. The van der Waals surface area contributed by atoms with Crippen LogP contribution in [0.15, 0.2) is 30.9 Å². The molecule has 0 saturated heterocycles. The summed E-state index contributed by atoms with van der Waals surface area (Å²) in [6.45, 7) is 0.817. The number of aliphatic hydroxyl groups excluding tert-OH is 1. The fourth-order valence-electron chi connectivity index (χ4n) is 1.92. The second-order valence-corrected chi connectivity index (χ2v) is 4.74. The first kappa shape index (κ1) is 15.4. The lowest BCUT2D eigenvalue weighted by atomic mass is 10.1. The molecule has 0 amide bonds. The topological polar surface area (TPSA) is 60.2 Å². The third kappa shape index (κ3) is 4.78. The number of aromatic nitrogens is 3. The Balaban J connectivity index is 1.76. The van der Waals surface area contributed by atoms with Gasteiger partial charge in [0, 0.05) is 25.1 Å². The number of halogens is 2. The van der Waals surface area contributed by atoms with Crippen molar-refractivity contribution in [2.45, 2.75) is 19.4 Å². The van der Waals surface area contributed by atoms with Crippen LogP contribution >= 0.6 is 0 Å². The van der Waals surface area contributed by atoms with Gasteiger partial charge in [-0.15, -0.1) is 0 Å². The van der Waals surface area contributed by atoms with Gasteiger partial charge < -0.3 is 9.84 Å². The molecule has 5 nitrogen and oxygen atoms in total. The number of hydrogen-bond acceptors (Lipinski definition) is 4. The van der Waals surface area contributed by atoms with Gasteiger partial charge in [0.05, 0.1) is 6.61 Å². The molecule has 0 bridgehead atoms. The lowest BCUT2D eigenvalue weighted by Crippen LogP contribution is -2.17. The summed E-state index contributed by atoms with van der Waals surface area (Å²) in [5, 5.41) is 13.3. The number of rotatable bonds is 8. The Morgan fingerprint density at radius 2 is 2.19 bits per heavy atom. The van der Waals surface area contributed by atoms with Crippen LogP contribution in [0, 0.1) is 17.6 Å². The highest BCUT2D eigenvalue weighted by Crippen LogP contribution is 2.19. The van der Waals surface area contributed by atoms with Gasteiger partial charge in [0.15, 0.2) is 11.6 Å². The fourth-order valence-corrected chi connectivity index (χ4v) is 1.92. The molecule has 114 valence electrons. The maximum atomic E-state index is 13.4. The van der Waals surface area contributed by atoms with E-state index in [9.17, 15) is 13.9 Å². The van der Waals surface area contributed by atoms with Gasteiger partial charge in [-0.25, -0.2) is 13.8 Å².